The number of likely N-dealkylation sites (tertiary alicyclic amines) is 1. The van der Waals surface area contributed by atoms with Crippen molar-refractivity contribution in [2.45, 2.75) is 13.0 Å². The van der Waals surface area contributed by atoms with E-state index < -0.39 is 0 Å². The summed E-state index contributed by atoms with van der Waals surface area (Å²) in [6.07, 6.45) is 1.09. The van der Waals surface area contributed by atoms with Crippen LogP contribution in [0.25, 0.3) is 0 Å². The Bertz CT molecular complexity index is 360. The first-order chi connectivity index (χ1) is 7.15. The molecule has 2 heterocycles. The van der Waals surface area contributed by atoms with Crippen LogP contribution < -0.4 is 4.74 Å². The zero-order valence-electron chi connectivity index (χ0n) is 8.31. The maximum absolute atomic E-state index is 12.5. The molecule has 0 saturated carbocycles. The highest BCUT2D eigenvalue weighted by Gasteiger charge is 2.30. The van der Waals surface area contributed by atoms with Crippen molar-refractivity contribution in [3.8, 4) is 5.88 Å². The van der Waals surface area contributed by atoms with E-state index in [9.17, 15) is 9.18 Å². The van der Waals surface area contributed by atoms with Crippen LogP contribution in [-0.2, 0) is 4.79 Å². The number of rotatable bonds is 2. The number of carbonyl (C=O) groups is 1. The fourth-order valence-electron chi connectivity index (χ4n) is 1.37. The number of pyridine rings is 1. The Labute approximate surface area is 86.7 Å². The lowest BCUT2D eigenvalue weighted by Gasteiger charge is -2.37. The average Bonchev–Trinajstić information content (AvgIpc) is 2.13. The summed E-state index contributed by atoms with van der Waals surface area (Å²) in [5.74, 6) is 0.0489. The van der Waals surface area contributed by atoms with E-state index in [0.717, 1.165) is 6.20 Å². The standard InChI is InChI=1S/C10H11FN2O2/c1-7(14)13-5-9(6-13)15-10-3-2-8(11)4-12-10/h2-4,9H,5-6H2,1H3. The fourth-order valence-corrected chi connectivity index (χ4v) is 1.37. The van der Waals surface area contributed by atoms with Gasteiger partial charge in [-0.25, -0.2) is 9.37 Å². The van der Waals surface area contributed by atoms with Gasteiger partial charge in [-0.3, -0.25) is 4.79 Å². The van der Waals surface area contributed by atoms with Crippen molar-refractivity contribution >= 4 is 5.91 Å². The van der Waals surface area contributed by atoms with Crippen LogP contribution in [0.3, 0.4) is 0 Å². The minimum atomic E-state index is -0.388. The molecule has 0 spiro atoms. The minimum absolute atomic E-state index is 0.0214. The molecule has 1 saturated heterocycles. The predicted molar refractivity (Wildman–Crippen MR) is 50.9 cm³/mol. The zero-order chi connectivity index (χ0) is 10.8. The highest BCUT2D eigenvalue weighted by molar-refractivity contribution is 5.74. The van der Waals surface area contributed by atoms with E-state index in [0.29, 0.717) is 19.0 Å². The molecule has 4 nitrogen and oxygen atoms in total. The maximum Gasteiger partial charge on any atom is 0.219 e. The van der Waals surface area contributed by atoms with Crippen molar-refractivity contribution in [3.63, 3.8) is 0 Å². The molecule has 0 aromatic carbocycles. The molecule has 1 fully saturated rings. The van der Waals surface area contributed by atoms with Gasteiger partial charge in [0.25, 0.3) is 0 Å². The fraction of sp³-hybridized carbons (Fsp3) is 0.400. The maximum atomic E-state index is 12.5. The molecule has 0 unspecified atom stereocenters. The highest BCUT2D eigenvalue weighted by Crippen LogP contribution is 2.15. The van der Waals surface area contributed by atoms with Gasteiger partial charge in [0.1, 0.15) is 11.9 Å². The summed E-state index contributed by atoms with van der Waals surface area (Å²) in [5.41, 5.74) is 0. The average molecular weight is 210 g/mol. The predicted octanol–water partition coefficient (Wildman–Crippen LogP) is 0.830. The van der Waals surface area contributed by atoms with Crippen molar-refractivity contribution in [2.24, 2.45) is 0 Å². The van der Waals surface area contributed by atoms with Gasteiger partial charge in [-0.15, -0.1) is 0 Å². The molecule has 1 aromatic heterocycles. The third kappa shape index (κ3) is 2.23. The van der Waals surface area contributed by atoms with E-state index in [1.165, 1.54) is 19.1 Å². The first-order valence-corrected chi connectivity index (χ1v) is 4.69. The summed E-state index contributed by atoms with van der Waals surface area (Å²) in [6.45, 7) is 2.68. The van der Waals surface area contributed by atoms with Crippen molar-refractivity contribution in [3.05, 3.63) is 24.1 Å². The molecule has 0 aliphatic carbocycles. The summed E-state index contributed by atoms with van der Waals surface area (Å²) in [6, 6.07) is 2.77. The molecule has 0 radical (unpaired) electrons. The Balaban J connectivity index is 1.85. The molecule has 1 amide bonds. The van der Waals surface area contributed by atoms with E-state index in [2.05, 4.69) is 4.98 Å². The van der Waals surface area contributed by atoms with E-state index in [1.54, 1.807) is 4.90 Å². The third-order valence-corrected chi connectivity index (χ3v) is 2.28. The molecule has 80 valence electrons. The van der Waals surface area contributed by atoms with Crippen molar-refractivity contribution in [2.75, 3.05) is 13.1 Å². The lowest BCUT2D eigenvalue weighted by molar-refractivity contribution is -0.137. The minimum Gasteiger partial charge on any atom is -0.471 e. The molecule has 1 aliphatic rings. The van der Waals surface area contributed by atoms with Gasteiger partial charge in [-0.05, 0) is 6.07 Å². The van der Waals surface area contributed by atoms with Gasteiger partial charge >= 0.3 is 0 Å². The Morgan fingerprint density at radius 1 is 1.60 bits per heavy atom. The Hall–Kier alpha value is -1.65. The van der Waals surface area contributed by atoms with Gasteiger partial charge in [0.2, 0.25) is 11.8 Å². The Morgan fingerprint density at radius 3 is 2.87 bits per heavy atom. The summed E-state index contributed by atoms with van der Waals surface area (Å²) in [4.78, 5) is 16.3. The van der Waals surface area contributed by atoms with Crippen LogP contribution in [0.15, 0.2) is 18.3 Å². The second kappa shape index (κ2) is 3.84. The number of ether oxygens (including phenoxy) is 1. The number of aromatic nitrogens is 1. The molecule has 0 bridgehead atoms. The lowest BCUT2D eigenvalue weighted by Crippen LogP contribution is -2.55. The van der Waals surface area contributed by atoms with Crippen LogP contribution in [0.1, 0.15) is 6.92 Å². The van der Waals surface area contributed by atoms with Gasteiger partial charge < -0.3 is 9.64 Å². The Morgan fingerprint density at radius 2 is 2.33 bits per heavy atom. The number of amides is 1. The van der Waals surface area contributed by atoms with Gasteiger partial charge in [0.15, 0.2) is 0 Å². The number of hydrogen-bond donors (Lipinski definition) is 0. The molecular weight excluding hydrogens is 199 g/mol. The second-order valence-electron chi connectivity index (χ2n) is 3.48. The van der Waals surface area contributed by atoms with Crippen molar-refractivity contribution in [1.82, 2.24) is 9.88 Å². The largest absolute Gasteiger partial charge is 0.471 e. The van der Waals surface area contributed by atoms with Crippen LogP contribution in [0.4, 0.5) is 4.39 Å². The summed E-state index contributed by atoms with van der Waals surface area (Å²) in [5, 5.41) is 0. The smallest absolute Gasteiger partial charge is 0.219 e. The van der Waals surface area contributed by atoms with E-state index in [4.69, 9.17) is 4.74 Å². The van der Waals surface area contributed by atoms with E-state index in [1.807, 2.05) is 0 Å². The summed E-state index contributed by atoms with van der Waals surface area (Å²) >= 11 is 0. The molecule has 1 aromatic rings. The number of nitrogens with zero attached hydrogens (tertiary/aromatic N) is 2. The molecular formula is C10H11FN2O2. The first-order valence-electron chi connectivity index (χ1n) is 4.69. The van der Waals surface area contributed by atoms with E-state index >= 15 is 0 Å². The van der Waals surface area contributed by atoms with Gasteiger partial charge in [-0.1, -0.05) is 0 Å². The molecule has 0 N–H and O–H groups in total. The molecule has 0 atom stereocenters. The van der Waals surface area contributed by atoms with Crippen LogP contribution in [-0.4, -0.2) is 35.0 Å². The summed E-state index contributed by atoms with van der Waals surface area (Å²) < 4.78 is 17.9. The highest BCUT2D eigenvalue weighted by atomic mass is 19.1. The van der Waals surface area contributed by atoms with E-state index in [-0.39, 0.29) is 17.8 Å². The first kappa shape index (κ1) is 9.89. The molecule has 1 aliphatic heterocycles. The molecule has 15 heavy (non-hydrogen) atoms. The normalized spacial score (nSPS) is 16.0. The number of carbonyl (C=O) groups excluding carboxylic acids is 1. The second-order valence-corrected chi connectivity index (χ2v) is 3.48. The van der Waals surface area contributed by atoms with Crippen molar-refractivity contribution < 1.29 is 13.9 Å². The molecule has 2 rings (SSSR count). The third-order valence-electron chi connectivity index (χ3n) is 2.28. The molecule has 5 heteroatoms. The monoisotopic (exact) mass is 210 g/mol. The van der Waals surface area contributed by atoms with Crippen LogP contribution in [0.2, 0.25) is 0 Å². The van der Waals surface area contributed by atoms with Crippen LogP contribution in [0, 0.1) is 5.82 Å². The number of hydrogen-bond acceptors (Lipinski definition) is 3. The van der Waals surface area contributed by atoms with Crippen LogP contribution in [0.5, 0.6) is 5.88 Å². The SMILES string of the molecule is CC(=O)N1CC(Oc2ccc(F)cn2)C1. The lowest BCUT2D eigenvalue weighted by atomic mass is 10.2. The van der Waals surface area contributed by atoms with Gasteiger partial charge in [0.05, 0.1) is 19.3 Å². The topological polar surface area (TPSA) is 42.4 Å². The van der Waals surface area contributed by atoms with Crippen molar-refractivity contribution in [1.29, 1.82) is 0 Å². The van der Waals surface area contributed by atoms with Gasteiger partial charge in [0, 0.05) is 13.0 Å². The quantitative estimate of drug-likeness (QED) is 0.726. The van der Waals surface area contributed by atoms with Gasteiger partial charge in [-0.2, -0.15) is 0 Å². The Kier molecular flexibility index (Phi) is 2.53. The zero-order valence-corrected chi connectivity index (χ0v) is 8.31. The van der Waals surface area contributed by atoms with Crippen LogP contribution >= 0.6 is 0 Å². The summed E-state index contributed by atoms with van der Waals surface area (Å²) in [7, 11) is 0. The number of halogens is 1.